The first kappa shape index (κ1) is 21.3. The molecular weight excluding hydrogens is 409 g/mol. The van der Waals surface area contributed by atoms with Gasteiger partial charge in [-0.2, -0.15) is 0 Å². The first-order chi connectivity index (χ1) is 14.1. The second-order valence-corrected chi connectivity index (χ2v) is 6.70. The van der Waals surface area contributed by atoms with Crippen LogP contribution in [0.2, 0.25) is 0 Å². The second kappa shape index (κ2) is 8.56. The Kier molecular flexibility index (Phi) is 6.09. The number of ether oxygens (including phenoxy) is 2. The van der Waals surface area contributed by atoms with Crippen LogP contribution < -0.4 is 10.1 Å². The van der Waals surface area contributed by atoms with E-state index in [0.29, 0.717) is 12.8 Å². The van der Waals surface area contributed by atoms with Crippen LogP contribution in [-0.2, 0) is 23.9 Å². The minimum absolute atomic E-state index is 0.159. The summed E-state index contributed by atoms with van der Waals surface area (Å²) in [5, 5.41) is 2.33. The highest BCUT2D eigenvalue weighted by atomic mass is 19.4. The Morgan fingerprint density at radius 3 is 2.13 bits per heavy atom. The molecule has 1 saturated heterocycles. The highest BCUT2D eigenvalue weighted by molar-refractivity contribution is 6.07. The number of hydrogen-bond donors (Lipinski definition) is 1. The number of nitrogens with zero attached hydrogens (tertiary/aromatic N) is 1. The molecule has 0 aromatic heterocycles. The minimum atomic E-state index is -4.83. The van der Waals surface area contributed by atoms with Crippen LogP contribution in [0, 0.1) is 11.8 Å². The lowest BCUT2D eigenvalue weighted by atomic mass is 9.85. The molecule has 2 aliphatic rings. The van der Waals surface area contributed by atoms with Crippen molar-refractivity contribution in [3.05, 3.63) is 36.4 Å². The molecule has 8 nitrogen and oxygen atoms in total. The van der Waals surface area contributed by atoms with E-state index in [0.717, 1.165) is 17.0 Å². The number of carbonyl (C=O) groups excluding carboxylic acids is 4. The van der Waals surface area contributed by atoms with Crippen LogP contribution in [0.3, 0.4) is 0 Å². The van der Waals surface area contributed by atoms with Gasteiger partial charge in [-0.1, -0.05) is 12.2 Å². The number of amides is 3. The molecule has 1 aliphatic carbocycles. The van der Waals surface area contributed by atoms with Gasteiger partial charge in [0.2, 0.25) is 11.8 Å². The topological polar surface area (TPSA) is 102 Å². The zero-order valence-corrected chi connectivity index (χ0v) is 15.5. The van der Waals surface area contributed by atoms with Gasteiger partial charge in [-0.15, -0.1) is 13.2 Å². The Bertz CT molecular complexity index is 855. The molecular formula is C19H17F3N2O6. The third kappa shape index (κ3) is 5.16. The monoisotopic (exact) mass is 426 g/mol. The lowest BCUT2D eigenvalue weighted by molar-refractivity contribution is -0.274. The van der Waals surface area contributed by atoms with Gasteiger partial charge in [0.1, 0.15) is 12.3 Å². The third-order valence-electron chi connectivity index (χ3n) is 4.62. The van der Waals surface area contributed by atoms with E-state index in [1.807, 2.05) is 12.2 Å². The first-order valence-corrected chi connectivity index (χ1v) is 8.95. The summed E-state index contributed by atoms with van der Waals surface area (Å²) in [4.78, 5) is 49.2. The van der Waals surface area contributed by atoms with Gasteiger partial charge in [0.25, 0.3) is 5.91 Å². The number of benzene rings is 1. The number of alkyl halides is 3. The molecule has 11 heteroatoms. The van der Waals surface area contributed by atoms with Gasteiger partial charge in [-0.05, 0) is 37.1 Å². The number of nitrogens with one attached hydrogen (secondary N) is 1. The van der Waals surface area contributed by atoms with E-state index in [-0.39, 0.29) is 5.69 Å². The van der Waals surface area contributed by atoms with E-state index in [1.54, 1.807) is 0 Å². The molecule has 3 rings (SSSR count). The summed E-state index contributed by atoms with van der Waals surface area (Å²) < 4.78 is 44.9. The highest BCUT2D eigenvalue weighted by Crippen LogP contribution is 2.34. The van der Waals surface area contributed by atoms with Crippen molar-refractivity contribution in [1.82, 2.24) is 4.90 Å². The molecule has 0 radical (unpaired) electrons. The van der Waals surface area contributed by atoms with E-state index in [4.69, 9.17) is 4.74 Å². The van der Waals surface area contributed by atoms with Crippen molar-refractivity contribution < 1.29 is 41.8 Å². The van der Waals surface area contributed by atoms with Gasteiger partial charge < -0.3 is 14.8 Å². The molecule has 1 heterocycles. The smallest absolute Gasteiger partial charge is 0.454 e. The summed E-state index contributed by atoms with van der Waals surface area (Å²) in [6, 6.07) is 4.37. The number of fused-ring (bicyclic) bond motifs is 1. The van der Waals surface area contributed by atoms with Crippen LogP contribution in [0.5, 0.6) is 5.75 Å². The maximum Gasteiger partial charge on any atom is 0.573 e. The van der Waals surface area contributed by atoms with Gasteiger partial charge in [-0.3, -0.25) is 24.1 Å². The normalized spacial score (nSPS) is 20.7. The molecule has 2 atom stereocenters. The number of esters is 1. The fraction of sp³-hybridized carbons (Fsp3) is 0.368. The summed E-state index contributed by atoms with van der Waals surface area (Å²) in [6.45, 7) is -1.27. The third-order valence-corrected chi connectivity index (χ3v) is 4.62. The molecule has 1 aliphatic heterocycles. The van der Waals surface area contributed by atoms with Crippen molar-refractivity contribution in [3.63, 3.8) is 0 Å². The van der Waals surface area contributed by atoms with Crippen LogP contribution in [-0.4, -0.2) is 48.1 Å². The number of carbonyl (C=O) groups is 4. The molecule has 1 N–H and O–H groups in total. The predicted octanol–water partition coefficient (Wildman–Crippen LogP) is 2.02. The van der Waals surface area contributed by atoms with E-state index in [9.17, 15) is 32.3 Å². The maximum atomic E-state index is 12.3. The molecule has 0 bridgehead atoms. The Labute approximate surface area is 168 Å². The lowest BCUT2D eigenvalue weighted by Crippen LogP contribution is -2.37. The van der Waals surface area contributed by atoms with E-state index in [2.05, 4.69) is 10.1 Å². The molecule has 2 unspecified atom stereocenters. The molecule has 1 aromatic carbocycles. The largest absolute Gasteiger partial charge is 0.573 e. The average molecular weight is 426 g/mol. The summed E-state index contributed by atoms with van der Waals surface area (Å²) >= 11 is 0. The van der Waals surface area contributed by atoms with E-state index >= 15 is 0 Å². The van der Waals surface area contributed by atoms with Gasteiger partial charge in [-0.25, -0.2) is 0 Å². The van der Waals surface area contributed by atoms with Crippen molar-refractivity contribution in [2.75, 3.05) is 18.5 Å². The summed E-state index contributed by atoms with van der Waals surface area (Å²) in [5.74, 6) is -3.93. The van der Waals surface area contributed by atoms with Crippen molar-refractivity contribution in [2.24, 2.45) is 11.8 Å². The number of allylic oxidation sites excluding steroid dienone is 2. The van der Waals surface area contributed by atoms with Crippen molar-refractivity contribution >= 4 is 29.4 Å². The quantitative estimate of drug-likeness (QED) is 0.424. The van der Waals surface area contributed by atoms with Crippen LogP contribution >= 0.6 is 0 Å². The zero-order valence-electron chi connectivity index (χ0n) is 15.5. The summed E-state index contributed by atoms with van der Waals surface area (Å²) in [6.07, 6.45) is -0.308. The number of likely N-dealkylation sites (tertiary alicyclic amines) is 1. The van der Waals surface area contributed by atoms with Crippen LogP contribution in [0.15, 0.2) is 36.4 Å². The van der Waals surface area contributed by atoms with E-state index in [1.165, 1.54) is 12.1 Å². The number of anilines is 1. The van der Waals surface area contributed by atoms with Gasteiger partial charge >= 0.3 is 12.3 Å². The molecule has 0 saturated carbocycles. The fourth-order valence-corrected chi connectivity index (χ4v) is 3.28. The fourth-order valence-electron chi connectivity index (χ4n) is 3.28. The van der Waals surface area contributed by atoms with E-state index < -0.39 is 60.8 Å². The average Bonchev–Trinajstić information content (AvgIpc) is 2.92. The molecule has 1 fully saturated rings. The first-order valence-electron chi connectivity index (χ1n) is 8.95. The Balaban J connectivity index is 1.45. The number of rotatable bonds is 6. The second-order valence-electron chi connectivity index (χ2n) is 6.70. The van der Waals surface area contributed by atoms with Crippen molar-refractivity contribution in [1.29, 1.82) is 0 Å². The lowest BCUT2D eigenvalue weighted by Gasteiger charge is -2.14. The summed E-state index contributed by atoms with van der Waals surface area (Å²) in [7, 11) is 0. The Morgan fingerprint density at radius 1 is 1.03 bits per heavy atom. The van der Waals surface area contributed by atoms with Crippen LogP contribution in [0.25, 0.3) is 0 Å². The van der Waals surface area contributed by atoms with Crippen molar-refractivity contribution in [3.8, 4) is 5.75 Å². The predicted molar refractivity (Wildman–Crippen MR) is 94.8 cm³/mol. The number of imide groups is 1. The van der Waals surface area contributed by atoms with Crippen LogP contribution in [0.4, 0.5) is 18.9 Å². The van der Waals surface area contributed by atoms with Crippen LogP contribution in [0.1, 0.15) is 12.8 Å². The molecule has 3 amide bonds. The molecule has 0 spiro atoms. The highest BCUT2D eigenvalue weighted by Gasteiger charge is 2.47. The Hall–Kier alpha value is -3.37. The minimum Gasteiger partial charge on any atom is -0.454 e. The number of hydrogen-bond acceptors (Lipinski definition) is 6. The SMILES string of the molecule is O=C(COC(=O)CN1C(=O)C2CC=CCC2C1=O)Nc1ccc(OC(F)(F)F)cc1. The van der Waals surface area contributed by atoms with Gasteiger partial charge in [0, 0.05) is 5.69 Å². The Morgan fingerprint density at radius 2 is 1.60 bits per heavy atom. The zero-order chi connectivity index (χ0) is 21.9. The maximum absolute atomic E-state index is 12.3. The standard InChI is InChI=1S/C19H17F3N2O6/c20-19(21,22)30-12-7-5-11(6-8-12)23-15(25)10-29-16(26)9-24-17(27)13-3-1-2-4-14(13)18(24)28/h1-2,5-8,13-14H,3-4,9-10H2,(H,23,25). The van der Waals surface area contributed by atoms with Crippen molar-refractivity contribution in [2.45, 2.75) is 19.2 Å². The molecule has 160 valence electrons. The molecule has 30 heavy (non-hydrogen) atoms. The molecule has 1 aromatic rings. The number of halogens is 3. The van der Waals surface area contributed by atoms with Gasteiger partial charge in [0.05, 0.1) is 11.8 Å². The van der Waals surface area contributed by atoms with Gasteiger partial charge in [0.15, 0.2) is 6.61 Å². The summed E-state index contributed by atoms with van der Waals surface area (Å²) in [5.41, 5.74) is 0.159.